The van der Waals surface area contributed by atoms with E-state index in [0.717, 1.165) is 32.0 Å². The van der Waals surface area contributed by atoms with Gasteiger partial charge in [0, 0.05) is 42.8 Å². The van der Waals surface area contributed by atoms with Gasteiger partial charge in [-0.3, -0.25) is 4.79 Å². The zero-order chi connectivity index (χ0) is 23.6. The molecule has 0 aliphatic rings. The zero-order valence-electron chi connectivity index (χ0n) is 18.3. The Kier molecular flexibility index (Phi) is 6.82. The molecular weight excluding hydrogens is 431 g/mol. The highest BCUT2D eigenvalue weighted by molar-refractivity contribution is 7.89. The minimum Gasteiger partial charge on any atom is -0.366 e. The summed E-state index contributed by atoms with van der Waals surface area (Å²) in [6.45, 7) is 2.01. The molecule has 170 valence electrons. The van der Waals surface area contributed by atoms with Crippen LogP contribution in [0, 0.1) is 6.92 Å². The number of amides is 1. The molecule has 0 saturated carbocycles. The minimum absolute atomic E-state index is 0.0233. The van der Waals surface area contributed by atoms with Crippen molar-refractivity contribution in [3.63, 3.8) is 0 Å². The molecule has 0 spiro atoms. The molecule has 3 aromatic rings. The first kappa shape index (κ1) is 23.6. The summed E-state index contributed by atoms with van der Waals surface area (Å²) in [6, 6.07) is 11.7. The van der Waals surface area contributed by atoms with Gasteiger partial charge in [0.1, 0.15) is 5.83 Å². The summed E-state index contributed by atoms with van der Waals surface area (Å²) in [5.74, 6) is -0.896. The summed E-state index contributed by atoms with van der Waals surface area (Å²) >= 11 is 0. The SMILES string of the molecule is Cc1c(Cc2ccc(S(=O)(=O)N(C)C)cc2)c2cc(C(N)=O)ccc2n1CC(F)=CCN. The second-order valence-corrected chi connectivity index (χ2v) is 9.89. The first-order valence-corrected chi connectivity index (χ1v) is 11.5. The predicted molar refractivity (Wildman–Crippen MR) is 124 cm³/mol. The fourth-order valence-electron chi connectivity index (χ4n) is 3.67. The molecule has 0 bridgehead atoms. The highest BCUT2D eigenvalue weighted by atomic mass is 32.2. The zero-order valence-corrected chi connectivity index (χ0v) is 19.1. The maximum absolute atomic E-state index is 14.3. The molecule has 4 N–H and O–H groups in total. The van der Waals surface area contributed by atoms with Gasteiger partial charge in [0.25, 0.3) is 0 Å². The lowest BCUT2D eigenvalue weighted by Crippen LogP contribution is -2.22. The van der Waals surface area contributed by atoms with Gasteiger partial charge < -0.3 is 16.0 Å². The summed E-state index contributed by atoms with van der Waals surface area (Å²) in [5.41, 5.74) is 14.7. The van der Waals surface area contributed by atoms with Gasteiger partial charge in [-0.15, -0.1) is 0 Å². The third kappa shape index (κ3) is 4.59. The number of nitrogens with zero attached hydrogens (tertiary/aromatic N) is 2. The molecule has 0 fully saturated rings. The molecule has 0 radical (unpaired) electrons. The number of hydrogen-bond donors (Lipinski definition) is 2. The normalized spacial score (nSPS) is 12.6. The number of sulfonamides is 1. The summed E-state index contributed by atoms with van der Waals surface area (Å²) < 4.78 is 41.9. The van der Waals surface area contributed by atoms with Gasteiger partial charge in [-0.25, -0.2) is 17.1 Å². The van der Waals surface area contributed by atoms with Crippen LogP contribution in [0.4, 0.5) is 4.39 Å². The van der Waals surface area contributed by atoms with Gasteiger partial charge in [0.05, 0.1) is 11.4 Å². The molecule has 7 nitrogen and oxygen atoms in total. The quantitative estimate of drug-likeness (QED) is 0.541. The molecule has 1 aromatic heterocycles. The molecule has 0 saturated heterocycles. The highest BCUT2D eigenvalue weighted by Gasteiger charge is 2.19. The molecule has 0 aliphatic carbocycles. The van der Waals surface area contributed by atoms with Crippen LogP contribution in [0.5, 0.6) is 0 Å². The molecule has 1 heterocycles. The van der Waals surface area contributed by atoms with Crippen molar-refractivity contribution in [1.82, 2.24) is 8.87 Å². The Balaban J connectivity index is 2.09. The lowest BCUT2D eigenvalue weighted by atomic mass is 10.0. The topological polar surface area (TPSA) is 111 Å². The van der Waals surface area contributed by atoms with Crippen LogP contribution in [-0.4, -0.2) is 43.8 Å². The molecule has 32 heavy (non-hydrogen) atoms. The average molecular weight is 459 g/mol. The molecule has 3 rings (SSSR count). The number of carbonyl (C=O) groups excluding carboxylic acids is 1. The van der Waals surface area contributed by atoms with E-state index in [9.17, 15) is 17.6 Å². The number of nitrogens with two attached hydrogens (primary N) is 2. The van der Waals surface area contributed by atoms with Gasteiger partial charge in [-0.2, -0.15) is 0 Å². The molecular formula is C23H27FN4O3S. The van der Waals surface area contributed by atoms with Gasteiger partial charge >= 0.3 is 0 Å². The van der Waals surface area contributed by atoms with Gasteiger partial charge in [-0.1, -0.05) is 12.1 Å². The Hall–Kier alpha value is -3.01. The number of benzene rings is 2. The number of primary amides is 1. The number of hydrogen-bond acceptors (Lipinski definition) is 4. The van der Waals surface area contributed by atoms with Crippen LogP contribution in [0.3, 0.4) is 0 Å². The van der Waals surface area contributed by atoms with Crippen molar-refractivity contribution in [3.8, 4) is 0 Å². The van der Waals surface area contributed by atoms with Crippen LogP contribution < -0.4 is 11.5 Å². The Morgan fingerprint density at radius 2 is 1.81 bits per heavy atom. The first-order valence-electron chi connectivity index (χ1n) is 10.0. The van der Waals surface area contributed by atoms with E-state index in [0.29, 0.717) is 12.0 Å². The summed E-state index contributed by atoms with van der Waals surface area (Å²) in [5, 5.41) is 0.796. The number of aromatic nitrogens is 1. The highest BCUT2D eigenvalue weighted by Crippen LogP contribution is 2.30. The van der Waals surface area contributed by atoms with Crippen LogP contribution in [0.2, 0.25) is 0 Å². The fraction of sp³-hybridized carbons (Fsp3) is 0.261. The van der Waals surface area contributed by atoms with Crippen LogP contribution in [0.15, 0.2) is 59.3 Å². The van der Waals surface area contributed by atoms with Crippen LogP contribution in [-0.2, 0) is 23.0 Å². The van der Waals surface area contributed by atoms with Crippen molar-refractivity contribution in [2.45, 2.75) is 24.8 Å². The number of halogens is 1. The van der Waals surface area contributed by atoms with Gasteiger partial charge in [0.15, 0.2) is 0 Å². The average Bonchev–Trinajstić information content (AvgIpc) is 2.99. The summed E-state index contributed by atoms with van der Waals surface area (Å²) in [6.07, 6.45) is 1.80. The van der Waals surface area contributed by atoms with Crippen molar-refractivity contribution in [1.29, 1.82) is 0 Å². The van der Waals surface area contributed by atoms with E-state index < -0.39 is 15.9 Å². The van der Waals surface area contributed by atoms with E-state index in [2.05, 4.69) is 0 Å². The van der Waals surface area contributed by atoms with E-state index in [4.69, 9.17) is 11.5 Å². The smallest absolute Gasteiger partial charge is 0.248 e. The molecule has 2 aromatic carbocycles. The maximum atomic E-state index is 14.3. The maximum Gasteiger partial charge on any atom is 0.248 e. The fourth-order valence-corrected chi connectivity index (χ4v) is 4.57. The van der Waals surface area contributed by atoms with Gasteiger partial charge in [-0.05, 0) is 60.9 Å². The Morgan fingerprint density at radius 1 is 1.16 bits per heavy atom. The molecule has 0 unspecified atom stereocenters. The summed E-state index contributed by atoms with van der Waals surface area (Å²) in [7, 11) is -0.555. The van der Waals surface area contributed by atoms with E-state index in [1.807, 2.05) is 11.5 Å². The number of carbonyl (C=O) groups is 1. The standard InChI is InChI=1S/C23H27FN4O3S/c1-15-20(12-16-4-7-19(8-5-16)32(30,31)27(2)3)21-13-17(23(26)29)6-9-22(21)28(15)14-18(24)10-11-25/h4-10,13H,11-12,14,25H2,1-3H3,(H2,26,29). The molecule has 1 amide bonds. The van der Waals surface area contributed by atoms with Crippen LogP contribution >= 0.6 is 0 Å². The van der Waals surface area contributed by atoms with E-state index in [1.165, 1.54) is 20.2 Å². The van der Waals surface area contributed by atoms with Crippen molar-refractivity contribution < 1.29 is 17.6 Å². The number of rotatable bonds is 8. The minimum atomic E-state index is -3.52. The van der Waals surface area contributed by atoms with Crippen molar-refractivity contribution >= 4 is 26.8 Å². The Labute approximate surface area is 187 Å². The molecule has 0 atom stereocenters. The van der Waals surface area contributed by atoms with E-state index in [-0.39, 0.29) is 23.8 Å². The third-order valence-corrected chi connectivity index (χ3v) is 7.30. The van der Waals surface area contributed by atoms with Crippen molar-refractivity contribution in [2.75, 3.05) is 20.6 Å². The Bertz CT molecular complexity index is 1290. The summed E-state index contributed by atoms with van der Waals surface area (Å²) in [4.78, 5) is 11.9. The monoisotopic (exact) mass is 458 g/mol. The number of fused-ring (bicyclic) bond motifs is 1. The number of allylic oxidation sites excluding steroid dienone is 1. The lowest BCUT2D eigenvalue weighted by Gasteiger charge is -2.12. The largest absolute Gasteiger partial charge is 0.366 e. The lowest BCUT2D eigenvalue weighted by molar-refractivity contribution is 0.100. The van der Waals surface area contributed by atoms with Crippen LogP contribution in [0.25, 0.3) is 10.9 Å². The predicted octanol–water partition coefficient (Wildman–Crippen LogP) is 2.70. The first-order chi connectivity index (χ1) is 15.1. The Morgan fingerprint density at radius 3 is 2.38 bits per heavy atom. The second-order valence-electron chi connectivity index (χ2n) is 7.74. The van der Waals surface area contributed by atoms with E-state index >= 15 is 0 Å². The van der Waals surface area contributed by atoms with Crippen LogP contribution in [0.1, 0.15) is 27.2 Å². The van der Waals surface area contributed by atoms with E-state index in [1.54, 1.807) is 42.5 Å². The van der Waals surface area contributed by atoms with Crippen molar-refractivity contribution in [3.05, 3.63) is 76.8 Å². The third-order valence-electron chi connectivity index (χ3n) is 5.47. The van der Waals surface area contributed by atoms with Gasteiger partial charge in [0.2, 0.25) is 15.9 Å². The van der Waals surface area contributed by atoms with Crippen molar-refractivity contribution in [2.24, 2.45) is 11.5 Å². The molecule has 0 aliphatic heterocycles. The second kappa shape index (κ2) is 9.23. The molecule has 9 heteroatoms.